The van der Waals surface area contributed by atoms with Crippen LogP contribution < -0.4 is 10.6 Å². The molecular weight excluding hydrogens is 379 g/mol. The number of carbonyl (C=O) groups excluding carboxylic acids is 2. The van der Waals surface area contributed by atoms with Crippen LogP contribution in [0.25, 0.3) is 0 Å². The molecule has 1 heterocycles. The lowest BCUT2D eigenvalue weighted by molar-refractivity contribution is -0.113. The summed E-state index contributed by atoms with van der Waals surface area (Å²) in [6.45, 7) is 0.340. The van der Waals surface area contributed by atoms with Crippen molar-refractivity contribution in [2.45, 2.75) is 12.3 Å². The maximum absolute atomic E-state index is 12.9. The first-order chi connectivity index (χ1) is 13.6. The zero-order valence-electron chi connectivity index (χ0n) is 15.0. The highest BCUT2D eigenvalue weighted by Crippen LogP contribution is 2.15. The zero-order chi connectivity index (χ0) is 19.8. The monoisotopic (exact) mass is 398 g/mol. The lowest BCUT2D eigenvalue weighted by Crippen LogP contribution is -2.22. The van der Waals surface area contributed by atoms with E-state index in [1.807, 2.05) is 12.1 Å². The van der Waals surface area contributed by atoms with E-state index >= 15 is 0 Å². The smallest absolute Gasteiger partial charge is 0.251 e. The minimum absolute atomic E-state index is 0.148. The molecule has 0 aliphatic carbocycles. The molecule has 0 spiro atoms. The quantitative estimate of drug-likeness (QED) is 0.596. The molecule has 5 nitrogen and oxygen atoms in total. The van der Waals surface area contributed by atoms with Crippen LogP contribution in [0.1, 0.15) is 21.7 Å². The van der Waals surface area contributed by atoms with Gasteiger partial charge in [-0.05, 0) is 54.1 Å². The Hall–Kier alpha value is -3.06. The van der Waals surface area contributed by atoms with E-state index in [4.69, 9.17) is 4.42 Å². The van der Waals surface area contributed by atoms with E-state index in [1.165, 1.54) is 36.0 Å². The summed E-state index contributed by atoms with van der Waals surface area (Å²) < 4.78 is 18.0. The van der Waals surface area contributed by atoms with Gasteiger partial charge in [-0.15, -0.1) is 11.8 Å². The molecule has 28 heavy (non-hydrogen) atoms. The first kappa shape index (κ1) is 19.7. The van der Waals surface area contributed by atoms with Gasteiger partial charge >= 0.3 is 0 Å². The van der Waals surface area contributed by atoms with Crippen molar-refractivity contribution in [1.29, 1.82) is 0 Å². The topological polar surface area (TPSA) is 71.3 Å². The fourth-order valence-corrected chi connectivity index (χ4v) is 3.21. The van der Waals surface area contributed by atoms with Gasteiger partial charge in [0, 0.05) is 17.0 Å². The van der Waals surface area contributed by atoms with E-state index in [-0.39, 0.29) is 23.4 Å². The predicted molar refractivity (Wildman–Crippen MR) is 108 cm³/mol. The van der Waals surface area contributed by atoms with Crippen molar-refractivity contribution in [2.24, 2.45) is 0 Å². The minimum Gasteiger partial charge on any atom is -0.467 e. The molecule has 0 aliphatic heterocycles. The van der Waals surface area contributed by atoms with Crippen LogP contribution in [0.2, 0.25) is 0 Å². The summed E-state index contributed by atoms with van der Waals surface area (Å²) in [5.41, 5.74) is 2.15. The minimum atomic E-state index is -0.342. The lowest BCUT2D eigenvalue weighted by Gasteiger charge is -2.06. The standard InChI is InChI=1S/C21H19FN2O3S/c22-17-7-9-18(10-8-17)24-20(25)14-28-13-15-3-5-16(6-4-15)21(26)23-12-19-2-1-11-27-19/h1-11H,12-14H2,(H,23,26)(H,24,25). The van der Waals surface area contributed by atoms with Crippen LogP contribution in [0.5, 0.6) is 0 Å². The van der Waals surface area contributed by atoms with Gasteiger partial charge in [-0.3, -0.25) is 9.59 Å². The largest absolute Gasteiger partial charge is 0.467 e. The highest BCUT2D eigenvalue weighted by molar-refractivity contribution is 7.99. The van der Waals surface area contributed by atoms with Gasteiger partial charge < -0.3 is 15.1 Å². The fourth-order valence-electron chi connectivity index (χ4n) is 2.43. The SMILES string of the molecule is O=C(CSCc1ccc(C(=O)NCc2ccco2)cc1)Nc1ccc(F)cc1. The van der Waals surface area contributed by atoms with Crippen LogP contribution in [0.4, 0.5) is 10.1 Å². The van der Waals surface area contributed by atoms with Crippen LogP contribution in [0, 0.1) is 5.82 Å². The molecule has 0 fully saturated rings. The number of anilines is 1. The normalized spacial score (nSPS) is 10.5. The van der Waals surface area contributed by atoms with Crippen LogP contribution in [0.3, 0.4) is 0 Å². The Kier molecular flexibility index (Phi) is 6.86. The second-order valence-electron chi connectivity index (χ2n) is 6.01. The number of carbonyl (C=O) groups is 2. The highest BCUT2D eigenvalue weighted by atomic mass is 32.2. The van der Waals surface area contributed by atoms with Gasteiger partial charge in [-0.2, -0.15) is 0 Å². The maximum atomic E-state index is 12.9. The molecule has 2 amide bonds. The molecule has 0 bridgehead atoms. The zero-order valence-corrected chi connectivity index (χ0v) is 15.8. The summed E-state index contributed by atoms with van der Waals surface area (Å²) in [5.74, 6) is 0.957. The average molecular weight is 398 g/mol. The van der Waals surface area contributed by atoms with Gasteiger partial charge in [0.1, 0.15) is 11.6 Å². The summed E-state index contributed by atoms with van der Waals surface area (Å²) in [5, 5.41) is 5.51. The molecule has 3 rings (SSSR count). The number of hydrogen-bond donors (Lipinski definition) is 2. The molecule has 0 unspecified atom stereocenters. The van der Waals surface area contributed by atoms with Crippen molar-refractivity contribution in [3.05, 3.63) is 89.6 Å². The van der Waals surface area contributed by atoms with Crippen molar-refractivity contribution in [2.75, 3.05) is 11.1 Å². The van der Waals surface area contributed by atoms with Crippen molar-refractivity contribution in [1.82, 2.24) is 5.32 Å². The summed E-state index contributed by atoms with van der Waals surface area (Å²) in [6, 6.07) is 16.5. The summed E-state index contributed by atoms with van der Waals surface area (Å²) in [6.07, 6.45) is 1.56. The van der Waals surface area contributed by atoms with Gasteiger partial charge in [-0.1, -0.05) is 12.1 Å². The Balaban J connectivity index is 1.40. The molecule has 0 radical (unpaired) electrons. The van der Waals surface area contributed by atoms with E-state index in [2.05, 4.69) is 10.6 Å². The number of furan rings is 1. The molecule has 0 aliphatic rings. The molecule has 7 heteroatoms. The van der Waals surface area contributed by atoms with Gasteiger partial charge in [0.05, 0.1) is 18.6 Å². The van der Waals surface area contributed by atoms with Gasteiger partial charge in [-0.25, -0.2) is 4.39 Å². The number of rotatable bonds is 8. The van der Waals surface area contributed by atoms with E-state index < -0.39 is 0 Å². The van der Waals surface area contributed by atoms with Gasteiger partial charge in [0.25, 0.3) is 5.91 Å². The summed E-state index contributed by atoms with van der Waals surface area (Å²) in [4.78, 5) is 24.0. The number of halogens is 1. The third-order valence-electron chi connectivity index (χ3n) is 3.85. The summed E-state index contributed by atoms with van der Waals surface area (Å²) in [7, 11) is 0. The third-order valence-corrected chi connectivity index (χ3v) is 4.85. The van der Waals surface area contributed by atoms with E-state index in [0.29, 0.717) is 29.3 Å². The van der Waals surface area contributed by atoms with Crippen LogP contribution in [-0.2, 0) is 17.1 Å². The fraction of sp³-hybridized carbons (Fsp3) is 0.143. The lowest BCUT2D eigenvalue weighted by atomic mass is 10.1. The molecule has 2 N–H and O–H groups in total. The van der Waals surface area contributed by atoms with Crippen LogP contribution in [0.15, 0.2) is 71.3 Å². The van der Waals surface area contributed by atoms with Gasteiger partial charge in [0.2, 0.25) is 5.91 Å². The Bertz CT molecular complexity index is 910. The Morgan fingerprint density at radius 3 is 2.43 bits per heavy atom. The molecule has 0 saturated heterocycles. The Labute approximate surface area is 166 Å². The van der Waals surface area contributed by atoms with E-state index in [1.54, 1.807) is 30.5 Å². The molecule has 0 atom stereocenters. The van der Waals surface area contributed by atoms with Gasteiger partial charge in [0.15, 0.2) is 0 Å². The molecule has 3 aromatic rings. The van der Waals surface area contributed by atoms with Crippen LogP contribution in [-0.4, -0.2) is 17.6 Å². The number of nitrogens with one attached hydrogen (secondary N) is 2. The number of amides is 2. The molecule has 0 saturated carbocycles. The van der Waals surface area contributed by atoms with Crippen molar-refractivity contribution in [3.63, 3.8) is 0 Å². The number of thioether (sulfide) groups is 1. The van der Waals surface area contributed by atoms with Crippen molar-refractivity contribution in [3.8, 4) is 0 Å². The number of hydrogen-bond acceptors (Lipinski definition) is 4. The second-order valence-corrected chi connectivity index (χ2v) is 6.99. The summed E-state index contributed by atoms with van der Waals surface area (Å²) >= 11 is 1.46. The Morgan fingerprint density at radius 1 is 1.00 bits per heavy atom. The second kappa shape index (κ2) is 9.75. The van der Waals surface area contributed by atoms with Crippen LogP contribution >= 0.6 is 11.8 Å². The highest BCUT2D eigenvalue weighted by Gasteiger charge is 2.07. The van der Waals surface area contributed by atoms with Crippen molar-refractivity contribution >= 4 is 29.3 Å². The first-order valence-corrected chi connectivity index (χ1v) is 9.78. The Morgan fingerprint density at radius 2 is 1.75 bits per heavy atom. The third kappa shape index (κ3) is 5.99. The molecule has 2 aromatic carbocycles. The van der Waals surface area contributed by atoms with Crippen molar-refractivity contribution < 1.29 is 18.4 Å². The van der Waals surface area contributed by atoms with E-state index in [9.17, 15) is 14.0 Å². The predicted octanol–water partition coefficient (Wildman–Crippen LogP) is 4.22. The number of benzene rings is 2. The molecule has 144 valence electrons. The molecule has 1 aromatic heterocycles. The first-order valence-electron chi connectivity index (χ1n) is 8.63. The molecular formula is C21H19FN2O3S. The maximum Gasteiger partial charge on any atom is 0.251 e. The van der Waals surface area contributed by atoms with E-state index in [0.717, 1.165) is 5.56 Å². The average Bonchev–Trinajstić information content (AvgIpc) is 3.22.